The molecule has 0 saturated heterocycles. The highest BCUT2D eigenvalue weighted by molar-refractivity contribution is 7.98. The van der Waals surface area contributed by atoms with Crippen molar-refractivity contribution in [1.29, 1.82) is 0 Å². The standard InChI is InChI=1S/C15H15NO2S.ClH/c1-18-15(17)13-8-7-11(9-14(13)16)10-19-12-5-3-2-4-6-12;/h2-9H,10,16H2,1H3;1H. The lowest BCUT2D eigenvalue weighted by Crippen LogP contribution is -2.05. The monoisotopic (exact) mass is 309 g/mol. The van der Waals surface area contributed by atoms with Crippen LogP contribution >= 0.6 is 24.2 Å². The Morgan fingerprint density at radius 1 is 1.20 bits per heavy atom. The second-order valence-corrected chi connectivity index (χ2v) is 5.06. The van der Waals surface area contributed by atoms with Crippen molar-refractivity contribution < 1.29 is 9.53 Å². The zero-order chi connectivity index (χ0) is 13.7. The van der Waals surface area contributed by atoms with Gasteiger partial charge in [0.05, 0.1) is 12.7 Å². The SMILES string of the molecule is COC(=O)c1ccc(CSc2ccccc2)cc1N.Cl. The van der Waals surface area contributed by atoms with Crippen LogP contribution in [0, 0.1) is 0 Å². The van der Waals surface area contributed by atoms with Crippen molar-refractivity contribution in [3.63, 3.8) is 0 Å². The van der Waals surface area contributed by atoms with Crippen LogP contribution in [0.25, 0.3) is 0 Å². The topological polar surface area (TPSA) is 52.3 Å². The molecule has 106 valence electrons. The number of nitrogen functional groups attached to an aromatic ring is 1. The Morgan fingerprint density at radius 2 is 1.90 bits per heavy atom. The first-order valence-corrected chi connectivity index (χ1v) is 6.84. The molecule has 0 saturated carbocycles. The summed E-state index contributed by atoms with van der Waals surface area (Å²) in [5.41, 5.74) is 7.81. The number of halogens is 1. The van der Waals surface area contributed by atoms with Crippen LogP contribution in [0.2, 0.25) is 0 Å². The number of benzene rings is 2. The molecule has 0 heterocycles. The van der Waals surface area contributed by atoms with Gasteiger partial charge in [-0.25, -0.2) is 4.79 Å². The third kappa shape index (κ3) is 4.18. The summed E-state index contributed by atoms with van der Waals surface area (Å²) >= 11 is 1.73. The summed E-state index contributed by atoms with van der Waals surface area (Å²) in [6, 6.07) is 15.6. The van der Waals surface area contributed by atoms with Gasteiger partial charge in [0.25, 0.3) is 0 Å². The molecule has 0 aliphatic carbocycles. The molecule has 0 atom stereocenters. The van der Waals surface area contributed by atoms with E-state index in [9.17, 15) is 4.79 Å². The minimum Gasteiger partial charge on any atom is -0.465 e. The molecule has 2 rings (SSSR count). The Kier molecular flexibility index (Phi) is 6.42. The molecule has 0 fully saturated rings. The maximum atomic E-state index is 11.4. The Hall–Kier alpha value is -1.65. The Labute approximate surface area is 128 Å². The van der Waals surface area contributed by atoms with Gasteiger partial charge in [-0.1, -0.05) is 24.3 Å². The number of carbonyl (C=O) groups excluding carboxylic acids is 1. The molecule has 5 heteroatoms. The number of methoxy groups -OCH3 is 1. The van der Waals surface area contributed by atoms with Crippen LogP contribution in [-0.4, -0.2) is 13.1 Å². The highest BCUT2D eigenvalue weighted by atomic mass is 35.5. The third-order valence-electron chi connectivity index (χ3n) is 2.67. The fourth-order valence-electron chi connectivity index (χ4n) is 1.68. The second-order valence-electron chi connectivity index (χ2n) is 4.01. The van der Waals surface area contributed by atoms with E-state index < -0.39 is 5.97 Å². The summed E-state index contributed by atoms with van der Waals surface area (Å²) in [6.07, 6.45) is 0. The van der Waals surface area contributed by atoms with E-state index in [0.29, 0.717) is 11.3 Å². The van der Waals surface area contributed by atoms with Gasteiger partial charge in [-0.2, -0.15) is 0 Å². The van der Waals surface area contributed by atoms with Crippen LogP contribution in [0.15, 0.2) is 53.4 Å². The number of anilines is 1. The number of ether oxygens (including phenoxy) is 1. The van der Waals surface area contributed by atoms with Crippen molar-refractivity contribution in [2.75, 3.05) is 12.8 Å². The highest BCUT2D eigenvalue weighted by Crippen LogP contribution is 2.24. The number of carbonyl (C=O) groups is 1. The van der Waals surface area contributed by atoms with E-state index in [2.05, 4.69) is 16.9 Å². The van der Waals surface area contributed by atoms with Crippen LogP contribution in [0.5, 0.6) is 0 Å². The van der Waals surface area contributed by atoms with E-state index in [0.717, 1.165) is 11.3 Å². The molecule has 0 unspecified atom stereocenters. The quantitative estimate of drug-likeness (QED) is 0.530. The normalized spacial score (nSPS) is 9.65. The molecule has 0 radical (unpaired) electrons. The first kappa shape index (κ1) is 16.4. The molecule has 0 aliphatic rings. The van der Waals surface area contributed by atoms with E-state index in [1.807, 2.05) is 30.3 Å². The number of nitrogens with two attached hydrogens (primary N) is 1. The Bertz CT molecular complexity index is 575. The van der Waals surface area contributed by atoms with Crippen molar-refractivity contribution >= 4 is 35.8 Å². The summed E-state index contributed by atoms with van der Waals surface area (Å²) in [6.45, 7) is 0. The van der Waals surface area contributed by atoms with Crippen LogP contribution in [0.4, 0.5) is 5.69 Å². The summed E-state index contributed by atoms with van der Waals surface area (Å²) in [7, 11) is 1.35. The van der Waals surface area contributed by atoms with Crippen LogP contribution in [0.1, 0.15) is 15.9 Å². The predicted molar refractivity (Wildman–Crippen MR) is 85.4 cm³/mol. The van der Waals surface area contributed by atoms with Gasteiger partial charge >= 0.3 is 5.97 Å². The number of thioether (sulfide) groups is 1. The minimum atomic E-state index is -0.403. The number of esters is 1. The lowest BCUT2D eigenvalue weighted by molar-refractivity contribution is 0.0602. The second kappa shape index (κ2) is 7.82. The molecular formula is C15H16ClNO2S. The first-order chi connectivity index (χ1) is 9.20. The van der Waals surface area contributed by atoms with E-state index in [-0.39, 0.29) is 12.4 Å². The summed E-state index contributed by atoms with van der Waals surface area (Å²) in [4.78, 5) is 12.6. The molecule has 2 aromatic carbocycles. The highest BCUT2D eigenvalue weighted by Gasteiger charge is 2.09. The maximum absolute atomic E-state index is 11.4. The smallest absolute Gasteiger partial charge is 0.339 e. The summed E-state index contributed by atoms with van der Waals surface area (Å²) in [5.74, 6) is 0.412. The number of hydrogen-bond donors (Lipinski definition) is 1. The summed E-state index contributed by atoms with van der Waals surface area (Å²) in [5, 5.41) is 0. The fourth-order valence-corrected chi connectivity index (χ4v) is 2.54. The van der Waals surface area contributed by atoms with Crippen LogP contribution in [-0.2, 0) is 10.5 Å². The Balaban J connectivity index is 0.00000200. The molecule has 0 aromatic heterocycles. The molecule has 0 amide bonds. The zero-order valence-electron chi connectivity index (χ0n) is 11.0. The van der Waals surface area contributed by atoms with Gasteiger partial charge in [-0.15, -0.1) is 24.2 Å². The van der Waals surface area contributed by atoms with Gasteiger partial charge in [0, 0.05) is 16.3 Å². The van der Waals surface area contributed by atoms with Crippen molar-refractivity contribution in [3.05, 3.63) is 59.7 Å². The van der Waals surface area contributed by atoms with E-state index >= 15 is 0 Å². The van der Waals surface area contributed by atoms with Crippen molar-refractivity contribution in [2.24, 2.45) is 0 Å². The molecule has 20 heavy (non-hydrogen) atoms. The largest absolute Gasteiger partial charge is 0.465 e. The van der Waals surface area contributed by atoms with E-state index in [4.69, 9.17) is 5.73 Å². The van der Waals surface area contributed by atoms with Gasteiger partial charge in [0.15, 0.2) is 0 Å². The lowest BCUT2D eigenvalue weighted by Gasteiger charge is -2.07. The maximum Gasteiger partial charge on any atom is 0.339 e. The van der Waals surface area contributed by atoms with Crippen molar-refractivity contribution in [2.45, 2.75) is 10.6 Å². The molecule has 2 N–H and O–H groups in total. The summed E-state index contributed by atoms with van der Waals surface area (Å²) < 4.78 is 4.66. The molecule has 3 nitrogen and oxygen atoms in total. The van der Waals surface area contributed by atoms with Crippen molar-refractivity contribution in [3.8, 4) is 0 Å². The zero-order valence-corrected chi connectivity index (χ0v) is 12.7. The van der Waals surface area contributed by atoms with Crippen LogP contribution in [0.3, 0.4) is 0 Å². The number of rotatable bonds is 4. The molecule has 0 spiro atoms. The average Bonchev–Trinajstić information content (AvgIpc) is 2.45. The van der Waals surface area contributed by atoms with Gasteiger partial charge in [-0.05, 0) is 29.8 Å². The predicted octanol–water partition coefficient (Wildman–Crippen LogP) is 3.77. The van der Waals surface area contributed by atoms with Gasteiger partial charge in [0.1, 0.15) is 0 Å². The Morgan fingerprint density at radius 3 is 2.50 bits per heavy atom. The van der Waals surface area contributed by atoms with Crippen molar-refractivity contribution in [1.82, 2.24) is 0 Å². The van der Waals surface area contributed by atoms with E-state index in [1.165, 1.54) is 12.0 Å². The van der Waals surface area contributed by atoms with Gasteiger partial charge < -0.3 is 10.5 Å². The number of hydrogen-bond acceptors (Lipinski definition) is 4. The molecule has 0 bridgehead atoms. The van der Waals surface area contributed by atoms with Gasteiger partial charge in [-0.3, -0.25) is 0 Å². The van der Waals surface area contributed by atoms with E-state index in [1.54, 1.807) is 17.8 Å². The molecular weight excluding hydrogens is 294 g/mol. The van der Waals surface area contributed by atoms with Crippen LogP contribution < -0.4 is 5.73 Å². The average molecular weight is 310 g/mol. The fraction of sp³-hybridized carbons (Fsp3) is 0.133. The first-order valence-electron chi connectivity index (χ1n) is 5.85. The lowest BCUT2D eigenvalue weighted by atomic mass is 10.1. The molecule has 2 aromatic rings. The van der Waals surface area contributed by atoms with Gasteiger partial charge in [0.2, 0.25) is 0 Å². The minimum absolute atomic E-state index is 0. The molecule has 0 aliphatic heterocycles. The third-order valence-corrected chi connectivity index (χ3v) is 3.75.